The fourth-order valence-corrected chi connectivity index (χ4v) is 1.12. The quantitative estimate of drug-likeness (QED) is 0.577. The average molecular weight is 184 g/mol. The molecule has 1 unspecified atom stereocenters. The van der Waals surface area contributed by atoms with Crippen molar-refractivity contribution in [3.05, 3.63) is 42.5 Å². The third-order valence-corrected chi connectivity index (χ3v) is 1.73. The van der Waals surface area contributed by atoms with Crippen LogP contribution in [0.5, 0.6) is 0 Å². The maximum atomic E-state index is 10.3. The third-order valence-electron chi connectivity index (χ3n) is 1.31. The SMILES string of the molecule is C=C(O[PH](=O)O)c1ccccc1. The lowest BCUT2D eigenvalue weighted by Gasteiger charge is -2.04. The molecule has 64 valence electrons. The second-order valence-corrected chi connectivity index (χ2v) is 2.89. The van der Waals surface area contributed by atoms with Gasteiger partial charge >= 0.3 is 8.25 Å². The molecule has 0 aliphatic rings. The molecule has 1 rings (SSSR count). The van der Waals surface area contributed by atoms with E-state index in [2.05, 4.69) is 11.1 Å². The Balaban J connectivity index is 2.73. The van der Waals surface area contributed by atoms with Crippen LogP contribution in [0, 0.1) is 0 Å². The summed E-state index contributed by atoms with van der Waals surface area (Å²) in [7, 11) is -2.93. The molecule has 1 N–H and O–H groups in total. The van der Waals surface area contributed by atoms with Crippen molar-refractivity contribution < 1.29 is 14.0 Å². The van der Waals surface area contributed by atoms with Crippen LogP contribution in [-0.2, 0) is 9.09 Å². The Morgan fingerprint density at radius 2 is 2.00 bits per heavy atom. The molecule has 0 aromatic heterocycles. The fraction of sp³-hybridized carbons (Fsp3) is 0. The van der Waals surface area contributed by atoms with Gasteiger partial charge in [0.25, 0.3) is 0 Å². The van der Waals surface area contributed by atoms with Gasteiger partial charge in [0.1, 0.15) is 5.76 Å². The van der Waals surface area contributed by atoms with Crippen molar-refractivity contribution in [2.75, 3.05) is 0 Å². The van der Waals surface area contributed by atoms with Crippen LogP contribution < -0.4 is 0 Å². The van der Waals surface area contributed by atoms with Crippen LogP contribution in [0.4, 0.5) is 0 Å². The molecule has 0 saturated carbocycles. The van der Waals surface area contributed by atoms with Gasteiger partial charge in [0.15, 0.2) is 0 Å². The Morgan fingerprint density at radius 1 is 1.42 bits per heavy atom. The number of hydrogen-bond donors (Lipinski definition) is 1. The first-order valence-corrected chi connectivity index (χ1v) is 4.61. The highest BCUT2D eigenvalue weighted by Crippen LogP contribution is 2.25. The Morgan fingerprint density at radius 3 is 2.50 bits per heavy atom. The van der Waals surface area contributed by atoms with E-state index in [9.17, 15) is 4.57 Å². The molecule has 3 nitrogen and oxygen atoms in total. The summed E-state index contributed by atoms with van der Waals surface area (Å²) in [5.74, 6) is 0.224. The summed E-state index contributed by atoms with van der Waals surface area (Å²) < 4.78 is 14.8. The van der Waals surface area contributed by atoms with E-state index in [1.165, 1.54) is 0 Å². The van der Waals surface area contributed by atoms with E-state index in [1.807, 2.05) is 6.07 Å². The van der Waals surface area contributed by atoms with Crippen LogP contribution in [-0.4, -0.2) is 4.89 Å². The van der Waals surface area contributed by atoms with Crippen molar-refractivity contribution in [1.82, 2.24) is 0 Å². The Kier molecular flexibility index (Phi) is 3.09. The minimum Gasteiger partial charge on any atom is -0.426 e. The highest BCUT2D eigenvalue weighted by molar-refractivity contribution is 7.32. The average Bonchev–Trinajstić information content (AvgIpc) is 2.05. The number of rotatable bonds is 3. The minimum atomic E-state index is -2.93. The second kappa shape index (κ2) is 4.10. The first-order chi connectivity index (χ1) is 5.70. The van der Waals surface area contributed by atoms with Gasteiger partial charge in [-0.1, -0.05) is 36.9 Å². The van der Waals surface area contributed by atoms with Crippen LogP contribution >= 0.6 is 8.25 Å². The van der Waals surface area contributed by atoms with Gasteiger partial charge in [-0.05, 0) is 0 Å². The predicted octanol–water partition coefficient (Wildman–Crippen LogP) is 2.06. The molecule has 0 bridgehead atoms. The molecule has 1 aromatic rings. The second-order valence-electron chi connectivity index (χ2n) is 2.16. The summed E-state index contributed by atoms with van der Waals surface area (Å²) in [6, 6.07) is 8.97. The van der Waals surface area contributed by atoms with Gasteiger partial charge in [0.2, 0.25) is 0 Å². The van der Waals surface area contributed by atoms with E-state index >= 15 is 0 Å². The molecule has 0 heterocycles. The highest BCUT2D eigenvalue weighted by Gasteiger charge is 2.00. The van der Waals surface area contributed by atoms with E-state index in [0.29, 0.717) is 5.56 Å². The molecule has 1 aromatic carbocycles. The van der Waals surface area contributed by atoms with E-state index in [-0.39, 0.29) is 5.76 Å². The van der Waals surface area contributed by atoms with Gasteiger partial charge in [-0.25, -0.2) is 4.57 Å². The smallest absolute Gasteiger partial charge is 0.365 e. The molecule has 0 spiro atoms. The summed E-state index contributed by atoms with van der Waals surface area (Å²) in [6.45, 7) is 3.51. The molecule has 0 radical (unpaired) electrons. The summed E-state index contributed by atoms with van der Waals surface area (Å²) >= 11 is 0. The number of hydrogen-bond acceptors (Lipinski definition) is 2. The Hall–Kier alpha value is -1.05. The van der Waals surface area contributed by atoms with Crippen molar-refractivity contribution in [2.45, 2.75) is 0 Å². The Labute approximate surface area is 71.3 Å². The molecular weight excluding hydrogens is 175 g/mol. The van der Waals surface area contributed by atoms with Crippen LogP contribution in [0.1, 0.15) is 5.56 Å². The van der Waals surface area contributed by atoms with Crippen LogP contribution in [0.3, 0.4) is 0 Å². The zero-order chi connectivity index (χ0) is 8.97. The zero-order valence-corrected chi connectivity index (χ0v) is 7.36. The molecule has 12 heavy (non-hydrogen) atoms. The third kappa shape index (κ3) is 2.53. The standard InChI is InChI=1S/C8H9O3P/c1-7(11-12(9)10)8-5-3-2-4-6-8/h2-6,12H,1H2,(H,9,10). The van der Waals surface area contributed by atoms with Crippen molar-refractivity contribution in [3.63, 3.8) is 0 Å². The van der Waals surface area contributed by atoms with Gasteiger partial charge in [0.05, 0.1) is 0 Å². The maximum Gasteiger partial charge on any atom is 0.365 e. The minimum absolute atomic E-state index is 0.224. The lowest BCUT2D eigenvalue weighted by molar-refractivity contribution is 0.393. The molecule has 0 aliphatic carbocycles. The van der Waals surface area contributed by atoms with E-state index in [1.54, 1.807) is 24.3 Å². The summed E-state index contributed by atoms with van der Waals surface area (Å²) in [5, 5.41) is 0. The first-order valence-electron chi connectivity index (χ1n) is 3.35. The Bertz CT molecular complexity index is 294. The van der Waals surface area contributed by atoms with Gasteiger partial charge in [-0.15, -0.1) is 0 Å². The van der Waals surface area contributed by atoms with Gasteiger partial charge in [0, 0.05) is 5.56 Å². The molecule has 0 aliphatic heterocycles. The molecule has 4 heteroatoms. The van der Waals surface area contributed by atoms with Crippen molar-refractivity contribution in [2.24, 2.45) is 0 Å². The first kappa shape index (κ1) is 9.04. The van der Waals surface area contributed by atoms with Crippen LogP contribution in [0.25, 0.3) is 5.76 Å². The predicted molar refractivity (Wildman–Crippen MR) is 47.8 cm³/mol. The summed E-state index contributed by atoms with van der Waals surface area (Å²) in [4.78, 5) is 8.45. The largest absolute Gasteiger partial charge is 0.426 e. The summed E-state index contributed by atoms with van der Waals surface area (Å²) in [6.07, 6.45) is 0. The lowest BCUT2D eigenvalue weighted by atomic mass is 10.2. The van der Waals surface area contributed by atoms with Crippen LogP contribution in [0.15, 0.2) is 36.9 Å². The van der Waals surface area contributed by atoms with E-state index in [0.717, 1.165) is 0 Å². The topological polar surface area (TPSA) is 46.5 Å². The zero-order valence-electron chi connectivity index (χ0n) is 6.36. The van der Waals surface area contributed by atoms with Crippen LogP contribution in [0.2, 0.25) is 0 Å². The maximum absolute atomic E-state index is 10.3. The van der Waals surface area contributed by atoms with Gasteiger partial charge in [-0.3, -0.25) is 0 Å². The lowest BCUT2D eigenvalue weighted by Crippen LogP contribution is -1.81. The van der Waals surface area contributed by atoms with E-state index < -0.39 is 8.25 Å². The van der Waals surface area contributed by atoms with Crippen molar-refractivity contribution >= 4 is 14.0 Å². The monoisotopic (exact) mass is 184 g/mol. The van der Waals surface area contributed by atoms with Gasteiger partial charge in [-0.2, -0.15) is 0 Å². The highest BCUT2D eigenvalue weighted by atomic mass is 31.1. The molecule has 0 amide bonds. The molecule has 0 fully saturated rings. The van der Waals surface area contributed by atoms with E-state index in [4.69, 9.17) is 4.89 Å². The normalized spacial score (nSPS) is 12.1. The molecule has 1 atom stereocenters. The van der Waals surface area contributed by atoms with Crippen molar-refractivity contribution in [3.8, 4) is 0 Å². The number of benzene rings is 1. The molecular formula is C8H9O3P. The fourth-order valence-electron chi connectivity index (χ4n) is 0.788. The van der Waals surface area contributed by atoms with Crippen molar-refractivity contribution in [1.29, 1.82) is 0 Å². The summed E-state index contributed by atoms with van der Waals surface area (Å²) in [5.41, 5.74) is 0.713. The van der Waals surface area contributed by atoms with Gasteiger partial charge < -0.3 is 9.42 Å². The molecule has 0 saturated heterocycles.